The fraction of sp³-hybridized carbons (Fsp3) is 1.00. The predicted octanol–water partition coefficient (Wildman–Crippen LogP) is 6.69. The van der Waals surface area contributed by atoms with Crippen LogP contribution >= 0.6 is 0 Å². The molecule has 0 nitrogen and oxygen atoms in total. The fourth-order valence-electron chi connectivity index (χ4n) is 5.86. The molecule has 0 radical (unpaired) electrons. The average Bonchev–Trinajstić information content (AvgIpc) is 2.75. The Labute approximate surface area is 128 Å². The maximum Gasteiger partial charge on any atom is -0.0264 e. The van der Waals surface area contributed by atoms with Crippen LogP contribution in [0.2, 0.25) is 0 Å². The number of fused-ring (bicyclic) bond motifs is 1. The molecule has 2 saturated carbocycles. The van der Waals surface area contributed by atoms with Gasteiger partial charge in [-0.15, -0.1) is 0 Å². The summed E-state index contributed by atoms with van der Waals surface area (Å²) in [4.78, 5) is 0. The highest BCUT2D eigenvalue weighted by atomic mass is 14.6. The SMILES string of the molecule is CCC1CCCC2(C)C(C(C)CCCC(C)C)CCC12. The minimum absolute atomic E-state index is 0.691. The Bertz CT molecular complexity index is 292. The van der Waals surface area contributed by atoms with Gasteiger partial charge in [0.05, 0.1) is 0 Å². The summed E-state index contributed by atoms with van der Waals surface area (Å²) in [5, 5.41) is 0. The van der Waals surface area contributed by atoms with E-state index in [1.807, 2.05) is 0 Å². The van der Waals surface area contributed by atoms with Crippen molar-refractivity contribution in [2.24, 2.45) is 35.0 Å². The number of rotatable bonds is 6. The molecule has 5 unspecified atom stereocenters. The molecule has 0 aromatic carbocycles. The van der Waals surface area contributed by atoms with Gasteiger partial charge in [0, 0.05) is 0 Å². The van der Waals surface area contributed by atoms with Gasteiger partial charge in [0.25, 0.3) is 0 Å². The first kappa shape index (κ1) is 16.4. The van der Waals surface area contributed by atoms with Gasteiger partial charge in [0.2, 0.25) is 0 Å². The van der Waals surface area contributed by atoms with Crippen molar-refractivity contribution in [2.75, 3.05) is 0 Å². The summed E-state index contributed by atoms with van der Waals surface area (Å²) in [6.07, 6.45) is 13.4. The van der Waals surface area contributed by atoms with Gasteiger partial charge < -0.3 is 0 Å². The third-order valence-electron chi connectivity index (χ3n) is 6.99. The molecule has 0 bridgehead atoms. The lowest BCUT2D eigenvalue weighted by atomic mass is 9.58. The molecular weight excluding hydrogens is 240 g/mol. The lowest BCUT2D eigenvalue weighted by Gasteiger charge is -2.47. The van der Waals surface area contributed by atoms with Crippen LogP contribution in [0.3, 0.4) is 0 Å². The molecule has 0 aliphatic heterocycles. The smallest absolute Gasteiger partial charge is 0.0264 e. The van der Waals surface area contributed by atoms with E-state index in [0.717, 1.165) is 29.6 Å². The first-order valence-electron chi connectivity index (χ1n) is 9.49. The van der Waals surface area contributed by atoms with E-state index in [2.05, 4.69) is 34.6 Å². The van der Waals surface area contributed by atoms with Crippen LogP contribution in [0.4, 0.5) is 0 Å². The third kappa shape index (κ3) is 3.25. The summed E-state index contributed by atoms with van der Waals surface area (Å²) in [5.41, 5.74) is 0.691. The van der Waals surface area contributed by atoms with Crippen LogP contribution in [0.15, 0.2) is 0 Å². The summed E-state index contributed by atoms with van der Waals surface area (Å²) < 4.78 is 0. The molecule has 0 heterocycles. The Hall–Kier alpha value is 0. The molecule has 0 spiro atoms. The standard InChI is InChI=1S/C20H38/c1-6-17-11-8-14-20(5)18(12-13-19(17)20)16(4)10-7-9-15(2)3/h15-19H,6-14H2,1-5H3. The summed E-state index contributed by atoms with van der Waals surface area (Å²) in [5.74, 6) is 4.96. The Morgan fingerprint density at radius 1 is 1.05 bits per heavy atom. The monoisotopic (exact) mass is 278 g/mol. The summed E-state index contributed by atoms with van der Waals surface area (Å²) in [7, 11) is 0. The van der Waals surface area contributed by atoms with Crippen LogP contribution in [0.1, 0.15) is 92.4 Å². The first-order chi connectivity index (χ1) is 9.49. The van der Waals surface area contributed by atoms with Gasteiger partial charge in [0.1, 0.15) is 0 Å². The molecule has 0 heteroatoms. The summed E-state index contributed by atoms with van der Waals surface area (Å²) in [6, 6.07) is 0. The molecule has 2 fully saturated rings. The van der Waals surface area contributed by atoms with Crippen molar-refractivity contribution < 1.29 is 0 Å². The van der Waals surface area contributed by atoms with Gasteiger partial charge in [-0.05, 0) is 54.3 Å². The molecule has 5 atom stereocenters. The zero-order chi connectivity index (χ0) is 14.8. The lowest BCUT2D eigenvalue weighted by molar-refractivity contribution is 0.0271. The van der Waals surface area contributed by atoms with E-state index in [1.54, 1.807) is 0 Å². The molecule has 0 N–H and O–H groups in total. The van der Waals surface area contributed by atoms with Gasteiger partial charge in [-0.1, -0.05) is 73.1 Å². The van der Waals surface area contributed by atoms with Crippen LogP contribution in [0, 0.1) is 35.0 Å². The molecule has 0 saturated heterocycles. The highest BCUT2D eigenvalue weighted by Crippen LogP contribution is 2.60. The molecule has 0 amide bonds. The zero-order valence-corrected chi connectivity index (χ0v) is 14.8. The van der Waals surface area contributed by atoms with E-state index in [-0.39, 0.29) is 0 Å². The van der Waals surface area contributed by atoms with Gasteiger partial charge in [-0.3, -0.25) is 0 Å². The van der Waals surface area contributed by atoms with E-state index in [4.69, 9.17) is 0 Å². The van der Waals surface area contributed by atoms with Crippen LogP contribution in [0.25, 0.3) is 0 Å². The minimum atomic E-state index is 0.691. The fourth-order valence-corrected chi connectivity index (χ4v) is 5.86. The Kier molecular flexibility index (Phi) is 5.60. The zero-order valence-electron chi connectivity index (χ0n) is 14.8. The van der Waals surface area contributed by atoms with Crippen LogP contribution in [0.5, 0.6) is 0 Å². The molecule has 0 aromatic rings. The highest BCUT2D eigenvalue weighted by Gasteiger charge is 2.51. The van der Waals surface area contributed by atoms with Gasteiger partial charge >= 0.3 is 0 Å². The van der Waals surface area contributed by atoms with E-state index in [9.17, 15) is 0 Å². The first-order valence-corrected chi connectivity index (χ1v) is 9.49. The largest absolute Gasteiger partial charge is 0.0651 e. The van der Waals surface area contributed by atoms with Gasteiger partial charge in [-0.2, -0.15) is 0 Å². The summed E-state index contributed by atoms with van der Waals surface area (Å²) in [6.45, 7) is 12.4. The Morgan fingerprint density at radius 2 is 1.80 bits per heavy atom. The Morgan fingerprint density at radius 3 is 2.45 bits per heavy atom. The lowest BCUT2D eigenvalue weighted by Crippen LogP contribution is -2.38. The molecule has 2 aliphatic carbocycles. The van der Waals surface area contributed by atoms with Crippen molar-refractivity contribution >= 4 is 0 Å². The normalized spacial score (nSPS) is 39.0. The van der Waals surface area contributed by atoms with Crippen molar-refractivity contribution in [2.45, 2.75) is 92.4 Å². The van der Waals surface area contributed by atoms with Crippen molar-refractivity contribution in [3.63, 3.8) is 0 Å². The quantitative estimate of drug-likeness (QED) is 0.507. The third-order valence-corrected chi connectivity index (χ3v) is 6.99. The van der Waals surface area contributed by atoms with Crippen molar-refractivity contribution in [1.82, 2.24) is 0 Å². The highest BCUT2D eigenvalue weighted by molar-refractivity contribution is 5.01. The maximum atomic E-state index is 2.66. The van der Waals surface area contributed by atoms with E-state index < -0.39 is 0 Å². The van der Waals surface area contributed by atoms with Crippen molar-refractivity contribution in [3.8, 4) is 0 Å². The molecular formula is C20H38. The molecule has 2 aliphatic rings. The molecule has 118 valence electrons. The molecule has 2 rings (SSSR count). The average molecular weight is 279 g/mol. The van der Waals surface area contributed by atoms with E-state index in [1.165, 1.54) is 57.8 Å². The van der Waals surface area contributed by atoms with Crippen molar-refractivity contribution in [1.29, 1.82) is 0 Å². The number of hydrogen-bond donors (Lipinski definition) is 0. The summed E-state index contributed by atoms with van der Waals surface area (Å²) >= 11 is 0. The van der Waals surface area contributed by atoms with Gasteiger partial charge in [-0.25, -0.2) is 0 Å². The maximum absolute atomic E-state index is 2.66. The van der Waals surface area contributed by atoms with E-state index >= 15 is 0 Å². The topological polar surface area (TPSA) is 0 Å². The minimum Gasteiger partial charge on any atom is -0.0651 e. The predicted molar refractivity (Wildman–Crippen MR) is 89.8 cm³/mol. The van der Waals surface area contributed by atoms with E-state index in [0.29, 0.717) is 5.41 Å². The van der Waals surface area contributed by atoms with Gasteiger partial charge in [0.15, 0.2) is 0 Å². The second-order valence-electron chi connectivity index (χ2n) is 8.66. The second kappa shape index (κ2) is 6.84. The van der Waals surface area contributed by atoms with Crippen LogP contribution in [-0.4, -0.2) is 0 Å². The van der Waals surface area contributed by atoms with Crippen LogP contribution < -0.4 is 0 Å². The molecule has 0 aromatic heterocycles. The Balaban J connectivity index is 1.95. The van der Waals surface area contributed by atoms with Crippen LogP contribution in [-0.2, 0) is 0 Å². The number of hydrogen-bond acceptors (Lipinski definition) is 0. The molecule has 20 heavy (non-hydrogen) atoms. The second-order valence-corrected chi connectivity index (χ2v) is 8.66. The van der Waals surface area contributed by atoms with Crippen molar-refractivity contribution in [3.05, 3.63) is 0 Å².